The van der Waals surface area contributed by atoms with Gasteiger partial charge in [-0.25, -0.2) is 9.78 Å². The Kier molecular flexibility index (Phi) is 2.05. The molecule has 0 spiro atoms. The maximum atomic E-state index is 12.5. The monoisotopic (exact) mass is 175 g/mol. The second-order valence-electron chi connectivity index (χ2n) is 1.80. The van der Waals surface area contributed by atoms with Gasteiger partial charge in [-0.2, -0.15) is 4.39 Å². The summed E-state index contributed by atoms with van der Waals surface area (Å²) in [4.78, 5) is 13.4. The number of carbonyl (C=O) groups is 1. The Morgan fingerprint density at radius 3 is 2.82 bits per heavy atom. The van der Waals surface area contributed by atoms with Gasteiger partial charge >= 0.3 is 5.97 Å². The standard InChI is InChI=1S/C6H3ClFNO2/c7-3-1-4(6(10)11)5(8)9-2-3/h1-2H,(H,10,11). The van der Waals surface area contributed by atoms with Crippen LogP contribution in [0.25, 0.3) is 0 Å². The van der Waals surface area contributed by atoms with Gasteiger partial charge in [0, 0.05) is 6.20 Å². The zero-order chi connectivity index (χ0) is 8.43. The van der Waals surface area contributed by atoms with Crippen molar-refractivity contribution in [2.45, 2.75) is 0 Å². The highest BCUT2D eigenvalue weighted by Gasteiger charge is 2.10. The van der Waals surface area contributed by atoms with Crippen LogP contribution in [-0.2, 0) is 0 Å². The molecule has 1 aromatic heterocycles. The van der Waals surface area contributed by atoms with E-state index in [2.05, 4.69) is 4.98 Å². The fourth-order valence-electron chi connectivity index (χ4n) is 0.573. The third-order valence-electron chi connectivity index (χ3n) is 1.04. The highest BCUT2D eigenvalue weighted by atomic mass is 35.5. The highest BCUT2D eigenvalue weighted by Crippen LogP contribution is 2.11. The summed E-state index contributed by atoms with van der Waals surface area (Å²) in [6, 6.07) is 1.01. The zero-order valence-electron chi connectivity index (χ0n) is 5.21. The molecule has 0 aliphatic rings. The summed E-state index contributed by atoms with van der Waals surface area (Å²) in [7, 11) is 0. The number of pyridine rings is 1. The lowest BCUT2D eigenvalue weighted by atomic mass is 10.3. The molecule has 5 heteroatoms. The molecule has 0 atom stereocenters. The molecule has 0 amide bonds. The van der Waals surface area contributed by atoms with Crippen molar-refractivity contribution < 1.29 is 14.3 Å². The van der Waals surface area contributed by atoms with E-state index in [1.165, 1.54) is 0 Å². The third-order valence-corrected chi connectivity index (χ3v) is 1.24. The van der Waals surface area contributed by atoms with Crippen molar-refractivity contribution in [3.8, 4) is 0 Å². The number of nitrogens with zero attached hydrogens (tertiary/aromatic N) is 1. The fraction of sp³-hybridized carbons (Fsp3) is 0. The van der Waals surface area contributed by atoms with Gasteiger partial charge < -0.3 is 5.11 Å². The molecule has 0 aromatic carbocycles. The first-order chi connectivity index (χ1) is 5.11. The lowest BCUT2D eigenvalue weighted by molar-refractivity contribution is 0.0691. The lowest BCUT2D eigenvalue weighted by Crippen LogP contribution is -2.01. The third kappa shape index (κ3) is 1.65. The number of carboxylic acid groups (broad SMARTS) is 1. The molecule has 58 valence electrons. The molecule has 1 aromatic rings. The Labute approximate surface area is 66.4 Å². The summed E-state index contributed by atoms with van der Waals surface area (Å²) in [6.45, 7) is 0. The van der Waals surface area contributed by atoms with E-state index in [1.807, 2.05) is 0 Å². The highest BCUT2D eigenvalue weighted by molar-refractivity contribution is 6.30. The molecule has 1 N–H and O–H groups in total. The van der Waals surface area contributed by atoms with Gasteiger partial charge in [0.2, 0.25) is 5.95 Å². The first-order valence-corrected chi connectivity index (χ1v) is 3.03. The van der Waals surface area contributed by atoms with Crippen LogP contribution in [0.5, 0.6) is 0 Å². The molecule has 0 aliphatic heterocycles. The van der Waals surface area contributed by atoms with Crippen LogP contribution in [0.3, 0.4) is 0 Å². The molecule has 0 saturated heterocycles. The summed E-state index contributed by atoms with van der Waals surface area (Å²) in [5.41, 5.74) is -0.516. The Hall–Kier alpha value is -1.16. The van der Waals surface area contributed by atoms with E-state index in [0.29, 0.717) is 0 Å². The quantitative estimate of drug-likeness (QED) is 0.660. The van der Waals surface area contributed by atoms with Crippen molar-refractivity contribution in [1.29, 1.82) is 0 Å². The fourth-order valence-corrected chi connectivity index (χ4v) is 0.730. The minimum Gasteiger partial charge on any atom is -0.478 e. The maximum absolute atomic E-state index is 12.5. The van der Waals surface area contributed by atoms with Crippen LogP contribution >= 0.6 is 11.6 Å². The van der Waals surface area contributed by atoms with Crippen LogP contribution in [0.2, 0.25) is 5.02 Å². The molecule has 0 aliphatic carbocycles. The lowest BCUT2D eigenvalue weighted by Gasteiger charge is -1.94. The van der Waals surface area contributed by atoms with Crippen molar-refractivity contribution in [2.75, 3.05) is 0 Å². The predicted molar refractivity (Wildman–Crippen MR) is 36.2 cm³/mol. The Morgan fingerprint density at radius 2 is 2.36 bits per heavy atom. The maximum Gasteiger partial charge on any atom is 0.340 e. The van der Waals surface area contributed by atoms with Gasteiger partial charge in [-0.3, -0.25) is 0 Å². The van der Waals surface area contributed by atoms with Crippen LogP contribution in [0.4, 0.5) is 4.39 Å². The van der Waals surface area contributed by atoms with E-state index in [0.717, 1.165) is 12.3 Å². The second-order valence-corrected chi connectivity index (χ2v) is 2.23. The Morgan fingerprint density at radius 1 is 1.73 bits per heavy atom. The number of halogens is 2. The molecular weight excluding hydrogens is 173 g/mol. The van der Waals surface area contributed by atoms with Crippen LogP contribution < -0.4 is 0 Å². The molecule has 0 saturated carbocycles. The van der Waals surface area contributed by atoms with E-state index >= 15 is 0 Å². The first-order valence-electron chi connectivity index (χ1n) is 2.65. The Bertz CT molecular complexity index is 303. The van der Waals surface area contributed by atoms with E-state index in [1.54, 1.807) is 0 Å². The van der Waals surface area contributed by atoms with Crippen LogP contribution in [0.15, 0.2) is 12.3 Å². The number of hydrogen-bond donors (Lipinski definition) is 1. The van der Waals surface area contributed by atoms with Gasteiger partial charge in [-0.1, -0.05) is 11.6 Å². The number of hydrogen-bond acceptors (Lipinski definition) is 2. The minimum atomic E-state index is -1.38. The number of rotatable bonds is 1. The van der Waals surface area contributed by atoms with Crippen molar-refractivity contribution in [3.05, 3.63) is 28.8 Å². The van der Waals surface area contributed by atoms with Gasteiger partial charge in [-0.05, 0) is 6.07 Å². The van der Waals surface area contributed by atoms with Crippen molar-refractivity contribution in [3.63, 3.8) is 0 Å². The molecule has 0 bridgehead atoms. The molecular formula is C6H3ClFNO2. The molecule has 1 rings (SSSR count). The summed E-state index contributed by atoms with van der Waals surface area (Å²) in [5, 5.41) is 8.45. The van der Waals surface area contributed by atoms with Gasteiger partial charge in [0.15, 0.2) is 0 Å². The number of carboxylic acids is 1. The van der Waals surface area contributed by atoms with E-state index in [9.17, 15) is 9.18 Å². The SMILES string of the molecule is O=C(O)c1cc(Cl)cnc1F. The molecule has 0 radical (unpaired) electrons. The van der Waals surface area contributed by atoms with Crippen molar-refractivity contribution in [1.82, 2.24) is 4.98 Å². The van der Waals surface area contributed by atoms with Crippen molar-refractivity contribution in [2.24, 2.45) is 0 Å². The summed E-state index contributed by atoms with van der Waals surface area (Å²) < 4.78 is 12.5. The average Bonchev–Trinajstić information content (AvgIpc) is 1.94. The van der Waals surface area contributed by atoms with Crippen LogP contribution in [0.1, 0.15) is 10.4 Å². The van der Waals surface area contributed by atoms with E-state index in [4.69, 9.17) is 16.7 Å². The molecule has 3 nitrogen and oxygen atoms in total. The van der Waals surface area contributed by atoms with Gasteiger partial charge in [-0.15, -0.1) is 0 Å². The normalized spacial score (nSPS) is 9.64. The molecule has 11 heavy (non-hydrogen) atoms. The van der Waals surface area contributed by atoms with Gasteiger partial charge in [0.1, 0.15) is 5.56 Å². The molecule has 0 fully saturated rings. The van der Waals surface area contributed by atoms with Crippen molar-refractivity contribution >= 4 is 17.6 Å². The topological polar surface area (TPSA) is 50.2 Å². The van der Waals surface area contributed by atoms with Gasteiger partial charge in [0.05, 0.1) is 5.02 Å². The summed E-state index contributed by atoms with van der Waals surface area (Å²) in [5.74, 6) is -2.40. The van der Waals surface area contributed by atoms with Crippen LogP contribution in [0, 0.1) is 5.95 Å². The molecule has 0 unspecified atom stereocenters. The second kappa shape index (κ2) is 2.84. The van der Waals surface area contributed by atoms with Crippen LogP contribution in [-0.4, -0.2) is 16.1 Å². The number of aromatic nitrogens is 1. The van der Waals surface area contributed by atoms with E-state index in [-0.39, 0.29) is 5.02 Å². The predicted octanol–water partition coefficient (Wildman–Crippen LogP) is 1.57. The largest absolute Gasteiger partial charge is 0.478 e. The smallest absolute Gasteiger partial charge is 0.340 e. The summed E-state index contributed by atoms with van der Waals surface area (Å²) in [6.07, 6.45) is 1.04. The first kappa shape index (κ1) is 7.94. The molecule has 1 heterocycles. The minimum absolute atomic E-state index is 0.101. The number of aromatic carboxylic acids is 1. The van der Waals surface area contributed by atoms with Gasteiger partial charge in [0.25, 0.3) is 0 Å². The summed E-state index contributed by atoms with van der Waals surface area (Å²) >= 11 is 5.37. The van der Waals surface area contributed by atoms with E-state index < -0.39 is 17.5 Å². The zero-order valence-corrected chi connectivity index (χ0v) is 5.97. The Balaban J connectivity index is 3.23. The average molecular weight is 176 g/mol.